The maximum Gasteiger partial charge on any atom is 0.344 e. The van der Waals surface area contributed by atoms with Gasteiger partial charge in [-0.1, -0.05) is 6.07 Å². The number of esters is 1. The number of rotatable bonds is 9. The molecule has 2 aromatic carbocycles. The van der Waals surface area contributed by atoms with Crippen LogP contribution in [0.2, 0.25) is 0 Å². The predicted octanol–water partition coefficient (Wildman–Crippen LogP) is 2.24. The number of fused-ring (bicyclic) bond motifs is 1. The Balaban J connectivity index is 1.46. The smallest absolute Gasteiger partial charge is 0.344 e. The fourth-order valence-electron chi connectivity index (χ4n) is 2.84. The highest BCUT2D eigenvalue weighted by molar-refractivity contribution is 5.81. The van der Waals surface area contributed by atoms with Gasteiger partial charge >= 0.3 is 5.97 Å². The number of aldehydes is 1. The lowest BCUT2D eigenvalue weighted by Gasteiger charge is -2.23. The van der Waals surface area contributed by atoms with Crippen molar-refractivity contribution in [2.45, 2.75) is 13.5 Å². The molecule has 158 valence electrons. The molecule has 1 aliphatic rings. The molecule has 0 aliphatic carbocycles. The van der Waals surface area contributed by atoms with Gasteiger partial charge in [0.2, 0.25) is 0 Å². The van der Waals surface area contributed by atoms with Gasteiger partial charge in [-0.05, 0) is 48.9 Å². The Bertz CT molecular complexity index is 895. The van der Waals surface area contributed by atoms with E-state index in [4.69, 9.17) is 18.9 Å². The molecular weight excluding hydrogens is 390 g/mol. The first-order valence-corrected chi connectivity index (χ1v) is 9.59. The molecule has 2 aromatic rings. The molecule has 30 heavy (non-hydrogen) atoms. The van der Waals surface area contributed by atoms with Crippen LogP contribution in [0, 0.1) is 0 Å². The number of amides is 1. The fraction of sp³-hybridized carbons (Fsp3) is 0.318. The summed E-state index contributed by atoms with van der Waals surface area (Å²) in [6.07, 6.45) is 0.716. The first-order chi connectivity index (χ1) is 14.6. The Morgan fingerprint density at radius 3 is 2.47 bits per heavy atom. The molecule has 1 aliphatic heterocycles. The van der Waals surface area contributed by atoms with Crippen molar-refractivity contribution >= 4 is 18.2 Å². The zero-order valence-corrected chi connectivity index (χ0v) is 16.7. The molecule has 0 aromatic heterocycles. The fourth-order valence-corrected chi connectivity index (χ4v) is 2.84. The molecule has 1 amide bonds. The SMILES string of the molecule is CCN(Cc1ccc2c(c1)OCCO2)C(=O)COC(=O)COc1ccc(C=O)cc1. The largest absolute Gasteiger partial charge is 0.486 e. The van der Waals surface area contributed by atoms with Crippen LogP contribution in [0.1, 0.15) is 22.8 Å². The maximum absolute atomic E-state index is 12.4. The van der Waals surface area contributed by atoms with Crippen LogP contribution in [0.3, 0.4) is 0 Å². The van der Waals surface area contributed by atoms with Gasteiger partial charge in [0.25, 0.3) is 5.91 Å². The first-order valence-electron chi connectivity index (χ1n) is 9.59. The van der Waals surface area contributed by atoms with E-state index in [0.29, 0.717) is 55.4 Å². The highest BCUT2D eigenvalue weighted by Gasteiger charge is 2.17. The van der Waals surface area contributed by atoms with Gasteiger partial charge in [-0.3, -0.25) is 9.59 Å². The van der Waals surface area contributed by atoms with Crippen molar-refractivity contribution in [2.75, 3.05) is 33.0 Å². The molecule has 8 heteroatoms. The van der Waals surface area contributed by atoms with E-state index in [1.807, 2.05) is 25.1 Å². The summed E-state index contributed by atoms with van der Waals surface area (Å²) in [6, 6.07) is 11.9. The number of ether oxygens (including phenoxy) is 4. The molecule has 0 spiro atoms. The number of benzene rings is 2. The van der Waals surface area contributed by atoms with Gasteiger partial charge in [0.05, 0.1) is 0 Å². The lowest BCUT2D eigenvalue weighted by atomic mass is 10.2. The van der Waals surface area contributed by atoms with Gasteiger partial charge < -0.3 is 23.8 Å². The first kappa shape index (κ1) is 21.2. The molecule has 0 saturated carbocycles. The number of carbonyl (C=O) groups is 3. The Morgan fingerprint density at radius 1 is 1.03 bits per heavy atom. The summed E-state index contributed by atoms with van der Waals surface area (Å²) in [5.41, 5.74) is 1.40. The summed E-state index contributed by atoms with van der Waals surface area (Å²) in [6.45, 7) is 2.99. The standard InChI is InChI=1S/C22H23NO7/c1-2-23(12-17-5-8-19-20(11-17)28-10-9-27-19)21(25)14-30-22(26)15-29-18-6-3-16(13-24)4-7-18/h3-8,11,13H,2,9-10,12,14-15H2,1H3. The predicted molar refractivity (Wildman–Crippen MR) is 107 cm³/mol. The van der Waals surface area contributed by atoms with E-state index in [1.165, 1.54) is 0 Å². The van der Waals surface area contributed by atoms with Gasteiger partial charge in [0.15, 0.2) is 24.7 Å². The molecule has 0 bridgehead atoms. The summed E-state index contributed by atoms with van der Waals surface area (Å²) in [5, 5.41) is 0. The van der Waals surface area contributed by atoms with E-state index in [2.05, 4.69) is 0 Å². The molecular formula is C22H23NO7. The molecule has 1 heterocycles. The quantitative estimate of drug-likeness (QED) is 0.460. The van der Waals surface area contributed by atoms with Crippen molar-refractivity contribution in [3.63, 3.8) is 0 Å². The van der Waals surface area contributed by atoms with E-state index < -0.39 is 5.97 Å². The summed E-state index contributed by atoms with van der Waals surface area (Å²) in [4.78, 5) is 36.5. The van der Waals surface area contributed by atoms with E-state index in [9.17, 15) is 14.4 Å². The van der Waals surface area contributed by atoms with Crippen LogP contribution in [0.4, 0.5) is 0 Å². The second kappa shape index (κ2) is 10.3. The topological polar surface area (TPSA) is 91.4 Å². The van der Waals surface area contributed by atoms with Crippen molar-refractivity contribution < 1.29 is 33.3 Å². The Morgan fingerprint density at radius 2 is 1.77 bits per heavy atom. The third kappa shape index (κ3) is 5.73. The number of hydrogen-bond donors (Lipinski definition) is 0. The molecule has 0 fully saturated rings. The highest BCUT2D eigenvalue weighted by Crippen LogP contribution is 2.31. The summed E-state index contributed by atoms with van der Waals surface area (Å²) >= 11 is 0. The molecule has 0 unspecified atom stereocenters. The summed E-state index contributed by atoms with van der Waals surface area (Å²) < 4.78 is 21.4. The average molecular weight is 413 g/mol. The zero-order valence-electron chi connectivity index (χ0n) is 16.7. The van der Waals surface area contributed by atoms with Crippen LogP contribution < -0.4 is 14.2 Å². The Hall–Kier alpha value is -3.55. The number of hydrogen-bond acceptors (Lipinski definition) is 7. The summed E-state index contributed by atoms with van der Waals surface area (Å²) in [7, 11) is 0. The van der Waals surface area contributed by atoms with E-state index >= 15 is 0 Å². The van der Waals surface area contributed by atoms with Gasteiger partial charge in [0.1, 0.15) is 25.2 Å². The van der Waals surface area contributed by atoms with Crippen LogP contribution >= 0.6 is 0 Å². The van der Waals surface area contributed by atoms with Crippen molar-refractivity contribution in [2.24, 2.45) is 0 Å². The molecule has 3 rings (SSSR count). The highest BCUT2D eigenvalue weighted by atomic mass is 16.6. The minimum atomic E-state index is -0.654. The van der Waals surface area contributed by atoms with E-state index in [0.717, 1.165) is 5.56 Å². The third-order valence-electron chi connectivity index (χ3n) is 4.44. The van der Waals surface area contributed by atoms with E-state index in [-0.39, 0.29) is 19.1 Å². The van der Waals surface area contributed by atoms with Crippen molar-refractivity contribution in [3.05, 3.63) is 53.6 Å². The molecule has 0 saturated heterocycles. The van der Waals surface area contributed by atoms with Crippen LogP contribution in [-0.2, 0) is 20.9 Å². The second-order valence-corrected chi connectivity index (χ2v) is 6.52. The van der Waals surface area contributed by atoms with E-state index in [1.54, 1.807) is 29.2 Å². The minimum Gasteiger partial charge on any atom is -0.486 e. The number of likely N-dealkylation sites (N-methyl/N-ethyl adjacent to an activating group) is 1. The third-order valence-corrected chi connectivity index (χ3v) is 4.44. The van der Waals surface area contributed by atoms with Gasteiger partial charge in [-0.2, -0.15) is 0 Å². The average Bonchev–Trinajstić information content (AvgIpc) is 2.79. The molecule has 8 nitrogen and oxygen atoms in total. The van der Waals surface area contributed by atoms with Crippen molar-refractivity contribution in [1.29, 1.82) is 0 Å². The summed E-state index contributed by atoms with van der Waals surface area (Å²) in [5.74, 6) is 0.813. The second-order valence-electron chi connectivity index (χ2n) is 6.52. The van der Waals surface area contributed by atoms with Crippen LogP contribution in [0.5, 0.6) is 17.2 Å². The molecule has 0 atom stereocenters. The number of carbonyl (C=O) groups excluding carboxylic acids is 3. The van der Waals surface area contributed by atoms with Gasteiger partial charge in [-0.15, -0.1) is 0 Å². The lowest BCUT2D eigenvalue weighted by Crippen LogP contribution is -2.34. The Kier molecular flexibility index (Phi) is 7.26. The number of nitrogens with zero attached hydrogens (tertiary/aromatic N) is 1. The van der Waals surface area contributed by atoms with Gasteiger partial charge in [-0.25, -0.2) is 4.79 Å². The Labute approximate surface area is 174 Å². The molecule has 0 radical (unpaired) electrons. The monoisotopic (exact) mass is 413 g/mol. The van der Waals surface area contributed by atoms with Crippen molar-refractivity contribution in [3.8, 4) is 17.2 Å². The zero-order chi connectivity index (χ0) is 21.3. The normalized spacial score (nSPS) is 12.0. The minimum absolute atomic E-state index is 0.309. The van der Waals surface area contributed by atoms with Crippen molar-refractivity contribution in [1.82, 2.24) is 4.90 Å². The maximum atomic E-state index is 12.4. The molecule has 0 N–H and O–H groups in total. The van der Waals surface area contributed by atoms with Crippen LogP contribution in [-0.4, -0.2) is 56.0 Å². The lowest BCUT2D eigenvalue weighted by molar-refractivity contribution is -0.153. The van der Waals surface area contributed by atoms with Gasteiger partial charge in [0, 0.05) is 18.7 Å². The van der Waals surface area contributed by atoms with Crippen LogP contribution in [0.25, 0.3) is 0 Å². The van der Waals surface area contributed by atoms with Crippen LogP contribution in [0.15, 0.2) is 42.5 Å².